The van der Waals surface area contributed by atoms with Crippen molar-refractivity contribution in [1.82, 2.24) is 0 Å². The summed E-state index contributed by atoms with van der Waals surface area (Å²) in [4.78, 5) is 2.35. The molecule has 1 heterocycles. The first-order valence-corrected chi connectivity index (χ1v) is 4.45. The molecule has 2 N–H and O–H groups in total. The number of azide groups is 1. The summed E-state index contributed by atoms with van der Waals surface area (Å²) in [7, 11) is 5.26. The summed E-state index contributed by atoms with van der Waals surface area (Å²) in [5, 5.41) is 23.3. The van der Waals surface area contributed by atoms with E-state index in [1.165, 1.54) is 0 Å². The Labute approximate surface area is 96.4 Å². The van der Waals surface area contributed by atoms with Gasteiger partial charge in [0.05, 0.1) is 12.6 Å². The molecule has 0 aromatic rings. The lowest BCUT2D eigenvalue weighted by atomic mass is 9.81. The van der Waals surface area contributed by atoms with E-state index >= 15 is 0 Å². The molecule has 0 aliphatic carbocycles. The number of ether oxygens (including phenoxy) is 1. The minimum Gasteiger partial charge on any atom is -0.393 e. The van der Waals surface area contributed by atoms with E-state index in [0.29, 0.717) is 0 Å². The maximum Gasteiger partial charge on any atom is 0.217 e. The van der Waals surface area contributed by atoms with Crippen LogP contribution in [-0.2, 0) is 4.74 Å². The lowest BCUT2D eigenvalue weighted by Gasteiger charge is -2.25. The highest BCUT2D eigenvalue weighted by atomic mass is 35.5. The van der Waals surface area contributed by atoms with Gasteiger partial charge in [0, 0.05) is 10.3 Å². The monoisotopic (exact) mass is 245 g/mol. The van der Waals surface area contributed by atoms with E-state index in [9.17, 15) is 9.50 Å². The lowest BCUT2D eigenvalue weighted by Crippen LogP contribution is -2.49. The van der Waals surface area contributed by atoms with Gasteiger partial charge in [-0.1, -0.05) is 5.11 Å². The van der Waals surface area contributed by atoms with Gasteiger partial charge >= 0.3 is 0 Å². The number of aliphatic hydroxyl groups excluding tert-OH is 2. The summed E-state index contributed by atoms with van der Waals surface area (Å²) in [6, 6.07) is -1.69. The van der Waals surface area contributed by atoms with Crippen LogP contribution in [0.25, 0.3) is 10.4 Å². The average Bonchev–Trinajstić information content (AvgIpc) is 2.43. The molecule has 84 valence electrons. The van der Waals surface area contributed by atoms with Crippen LogP contribution < -0.4 is 0 Å². The number of alkyl halides is 1. The topological polar surface area (TPSA) is 98.5 Å². The second-order valence-corrected chi connectivity index (χ2v) is 3.31. The SMILES string of the molecule is [B]C1O[C@@](CO)(N=[N+]=[N-])C(O)C1(F)C#CCl. The van der Waals surface area contributed by atoms with Crippen molar-refractivity contribution in [2.24, 2.45) is 5.11 Å². The predicted molar refractivity (Wildman–Crippen MR) is 53.1 cm³/mol. The molecule has 0 aromatic carbocycles. The Bertz CT molecular complexity index is 396. The fourth-order valence-corrected chi connectivity index (χ4v) is 1.52. The highest BCUT2D eigenvalue weighted by Crippen LogP contribution is 2.40. The van der Waals surface area contributed by atoms with Crippen LogP contribution in [0.1, 0.15) is 0 Å². The van der Waals surface area contributed by atoms with E-state index in [0.717, 1.165) is 0 Å². The third-order valence-electron chi connectivity index (χ3n) is 2.25. The quantitative estimate of drug-likeness (QED) is 0.231. The van der Waals surface area contributed by atoms with Gasteiger partial charge in [-0.15, -0.1) is 0 Å². The Hall–Kier alpha value is -0.965. The van der Waals surface area contributed by atoms with E-state index < -0.39 is 30.1 Å². The molecular weight excluding hydrogens is 239 g/mol. The lowest BCUT2D eigenvalue weighted by molar-refractivity contribution is -0.0947. The molecule has 0 saturated carbocycles. The number of rotatable bonds is 2. The molecule has 1 saturated heterocycles. The molecule has 6 nitrogen and oxygen atoms in total. The first-order valence-electron chi connectivity index (χ1n) is 4.07. The van der Waals surface area contributed by atoms with Gasteiger partial charge in [0.1, 0.15) is 14.0 Å². The van der Waals surface area contributed by atoms with Gasteiger partial charge in [0.15, 0.2) is 5.72 Å². The molecule has 0 amide bonds. The van der Waals surface area contributed by atoms with Gasteiger partial charge in [0.2, 0.25) is 5.67 Å². The van der Waals surface area contributed by atoms with Crippen LogP contribution >= 0.6 is 11.6 Å². The van der Waals surface area contributed by atoms with Crippen LogP contribution in [-0.4, -0.2) is 48.2 Å². The highest BCUT2D eigenvalue weighted by Gasteiger charge is 2.62. The van der Waals surface area contributed by atoms with E-state index in [2.05, 4.69) is 10.0 Å². The maximum absolute atomic E-state index is 14.1. The van der Waals surface area contributed by atoms with Crippen molar-refractivity contribution in [3.8, 4) is 11.3 Å². The van der Waals surface area contributed by atoms with Gasteiger partial charge in [-0.25, -0.2) is 4.39 Å². The molecule has 0 aromatic heterocycles. The number of nitrogens with zero attached hydrogens (tertiary/aromatic N) is 3. The van der Waals surface area contributed by atoms with Crippen LogP contribution in [0.5, 0.6) is 0 Å². The zero-order valence-electron chi connectivity index (χ0n) is 7.84. The summed E-state index contributed by atoms with van der Waals surface area (Å²) in [5.74, 6) is 1.82. The first kappa shape index (κ1) is 13.1. The zero-order valence-corrected chi connectivity index (χ0v) is 8.60. The third kappa shape index (κ3) is 1.73. The molecule has 1 fully saturated rings. The second kappa shape index (κ2) is 4.49. The van der Waals surface area contributed by atoms with Crippen molar-refractivity contribution >= 4 is 19.4 Å². The molecule has 1 aliphatic rings. The number of hydrogen-bond donors (Lipinski definition) is 2. The minimum atomic E-state index is -2.71. The van der Waals surface area contributed by atoms with E-state index in [4.69, 9.17) is 34.8 Å². The van der Waals surface area contributed by atoms with Gasteiger partial charge in [0.25, 0.3) is 0 Å². The summed E-state index contributed by atoms with van der Waals surface area (Å²) >= 11 is 5.03. The molecule has 3 unspecified atom stereocenters. The van der Waals surface area contributed by atoms with Gasteiger partial charge < -0.3 is 14.9 Å². The van der Waals surface area contributed by atoms with E-state index in [1.807, 2.05) is 5.92 Å². The molecular formula is C7H6BClFN3O3. The van der Waals surface area contributed by atoms with Crippen LogP contribution in [0.15, 0.2) is 5.11 Å². The number of aliphatic hydroxyl groups is 2. The van der Waals surface area contributed by atoms with Crippen molar-refractivity contribution in [3.05, 3.63) is 10.4 Å². The summed E-state index contributed by atoms with van der Waals surface area (Å²) in [5.41, 5.74) is 3.36. The third-order valence-corrected chi connectivity index (χ3v) is 2.34. The number of hydrogen-bond acceptors (Lipinski definition) is 4. The molecule has 2 radical (unpaired) electrons. The number of halogens is 2. The van der Waals surface area contributed by atoms with Crippen LogP contribution in [0.3, 0.4) is 0 Å². The smallest absolute Gasteiger partial charge is 0.217 e. The molecule has 0 spiro atoms. The predicted octanol–water partition coefficient (Wildman–Crippen LogP) is -0.221. The average molecular weight is 245 g/mol. The van der Waals surface area contributed by atoms with Gasteiger partial charge in [-0.2, -0.15) is 0 Å². The van der Waals surface area contributed by atoms with Gasteiger partial charge in [-0.3, -0.25) is 0 Å². The molecule has 16 heavy (non-hydrogen) atoms. The normalized spacial score (nSPS) is 42.0. The minimum absolute atomic E-state index is 0.943. The Morgan fingerprint density at radius 2 is 2.38 bits per heavy atom. The molecule has 1 rings (SSSR count). The maximum atomic E-state index is 14.1. The summed E-state index contributed by atoms with van der Waals surface area (Å²) in [6.45, 7) is -0.943. The standard InChI is InChI=1S/C7H6BClFN3O3/c8-5-6(10,1-2-9)4(15)7(3-14,16-5)12-13-11/h4-5,14-15H,3H2/t4?,5?,6?,7-/m1/s1. The van der Waals surface area contributed by atoms with Crippen LogP contribution in [0.2, 0.25) is 0 Å². The van der Waals surface area contributed by atoms with E-state index in [-0.39, 0.29) is 0 Å². The Morgan fingerprint density at radius 3 is 2.81 bits per heavy atom. The zero-order chi connectivity index (χ0) is 12.4. The molecule has 0 bridgehead atoms. The van der Waals surface area contributed by atoms with Crippen molar-refractivity contribution < 1.29 is 19.3 Å². The Balaban J connectivity index is 3.22. The fraction of sp³-hybridized carbons (Fsp3) is 0.714. The molecule has 1 aliphatic heterocycles. The largest absolute Gasteiger partial charge is 0.393 e. The summed E-state index contributed by atoms with van der Waals surface area (Å²) < 4.78 is 18.8. The molecule has 4 atom stereocenters. The first-order chi connectivity index (χ1) is 7.46. The van der Waals surface area contributed by atoms with Crippen molar-refractivity contribution in [2.45, 2.75) is 23.5 Å². The van der Waals surface area contributed by atoms with Crippen molar-refractivity contribution in [2.75, 3.05) is 6.61 Å². The Morgan fingerprint density at radius 1 is 1.75 bits per heavy atom. The van der Waals surface area contributed by atoms with Crippen molar-refractivity contribution in [3.63, 3.8) is 0 Å². The highest BCUT2D eigenvalue weighted by molar-refractivity contribution is 6.30. The fourth-order valence-electron chi connectivity index (χ4n) is 1.38. The van der Waals surface area contributed by atoms with Crippen molar-refractivity contribution in [1.29, 1.82) is 0 Å². The second-order valence-electron chi connectivity index (χ2n) is 3.12. The van der Waals surface area contributed by atoms with Gasteiger partial charge in [-0.05, 0) is 23.1 Å². The van der Waals surface area contributed by atoms with Crippen LogP contribution in [0.4, 0.5) is 4.39 Å². The summed E-state index contributed by atoms with van der Waals surface area (Å²) in [6.07, 6.45) is -2.04. The van der Waals surface area contributed by atoms with Crippen LogP contribution in [0, 0.1) is 11.3 Å². The van der Waals surface area contributed by atoms with E-state index in [1.54, 1.807) is 5.38 Å². The Kier molecular flexibility index (Phi) is 3.68. The molecule has 9 heteroatoms.